The topological polar surface area (TPSA) is 62.9 Å². The monoisotopic (exact) mass is 319 g/mol. The largest absolute Gasteiger partial charge is 0.467 e. The van der Waals surface area contributed by atoms with Crippen LogP contribution in [0.5, 0.6) is 0 Å². The van der Waals surface area contributed by atoms with Crippen LogP contribution in [0.2, 0.25) is 0 Å². The molecule has 0 bridgehead atoms. The summed E-state index contributed by atoms with van der Waals surface area (Å²) in [5.74, 6) is 0.0491. The van der Waals surface area contributed by atoms with Crippen molar-refractivity contribution in [3.05, 3.63) is 59.8 Å². The Kier molecular flexibility index (Phi) is 4.73. The van der Waals surface area contributed by atoms with E-state index < -0.39 is 11.9 Å². The standard InChI is InChI=1S/C17H18FNO4/c18-13-4-1-3-12(9-13)14(20)10-17(21)19-6-8-23-16(11-19)15-5-2-7-22-15/h1-5,7,9,14,16,20H,6,8,10-11H2. The first kappa shape index (κ1) is 15.7. The van der Waals surface area contributed by atoms with E-state index in [4.69, 9.17) is 9.15 Å². The molecule has 2 atom stereocenters. The minimum atomic E-state index is -1.02. The van der Waals surface area contributed by atoms with Crippen molar-refractivity contribution in [2.24, 2.45) is 0 Å². The number of carbonyl (C=O) groups excluding carboxylic acids is 1. The summed E-state index contributed by atoms with van der Waals surface area (Å²) < 4.78 is 24.1. The number of nitrogens with zero attached hydrogens (tertiary/aromatic N) is 1. The Labute approximate surface area is 133 Å². The second-order valence-corrected chi connectivity index (χ2v) is 5.49. The first-order valence-corrected chi connectivity index (χ1v) is 7.50. The van der Waals surface area contributed by atoms with Gasteiger partial charge in [-0.15, -0.1) is 0 Å². The third-order valence-electron chi connectivity index (χ3n) is 3.88. The second-order valence-electron chi connectivity index (χ2n) is 5.49. The van der Waals surface area contributed by atoms with Crippen LogP contribution in [0.4, 0.5) is 4.39 Å². The van der Waals surface area contributed by atoms with Gasteiger partial charge in [-0.05, 0) is 29.8 Å². The van der Waals surface area contributed by atoms with Crippen molar-refractivity contribution in [3.63, 3.8) is 0 Å². The maximum Gasteiger partial charge on any atom is 0.225 e. The van der Waals surface area contributed by atoms with Gasteiger partial charge in [0.05, 0.1) is 31.9 Å². The van der Waals surface area contributed by atoms with E-state index in [-0.39, 0.29) is 18.4 Å². The Morgan fingerprint density at radius 1 is 1.39 bits per heavy atom. The third-order valence-corrected chi connectivity index (χ3v) is 3.88. The van der Waals surface area contributed by atoms with E-state index >= 15 is 0 Å². The van der Waals surface area contributed by atoms with Crippen LogP contribution in [-0.2, 0) is 9.53 Å². The average molecular weight is 319 g/mol. The Morgan fingerprint density at radius 3 is 3.00 bits per heavy atom. The summed E-state index contributed by atoms with van der Waals surface area (Å²) in [5, 5.41) is 10.1. The highest BCUT2D eigenvalue weighted by atomic mass is 19.1. The van der Waals surface area contributed by atoms with E-state index in [2.05, 4.69) is 0 Å². The smallest absolute Gasteiger partial charge is 0.225 e. The fraction of sp³-hybridized carbons (Fsp3) is 0.353. The fourth-order valence-electron chi connectivity index (χ4n) is 2.65. The van der Waals surface area contributed by atoms with E-state index in [0.717, 1.165) is 0 Å². The molecule has 6 heteroatoms. The zero-order valence-corrected chi connectivity index (χ0v) is 12.5. The van der Waals surface area contributed by atoms with Gasteiger partial charge in [0.2, 0.25) is 5.91 Å². The van der Waals surface area contributed by atoms with E-state index in [1.807, 2.05) is 0 Å². The van der Waals surface area contributed by atoms with Gasteiger partial charge in [0.25, 0.3) is 0 Å². The van der Waals surface area contributed by atoms with Crippen LogP contribution < -0.4 is 0 Å². The average Bonchev–Trinajstić information content (AvgIpc) is 3.09. The molecule has 1 N–H and O–H groups in total. The maximum absolute atomic E-state index is 13.2. The highest BCUT2D eigenvalue weighted by Crippen LogP contribution is 2.24. The number of furan rings is 1. The lowest BCUT2D eigenvalue weighted by atomic mass is 10.1. The molecular formula is C17H18FNO4. The molecule has 1 saturated heterocycles. The summed E-state index contributed by atoms with van der Waals surface area (Å²) in [7, 11) is 0. The summed E-state index contributed by atoms with van der Waals surface area (Å²) in [5.41, 5.74) is 0.397. The van der Waals surface area contributed by atoms with Crippen LogP contribution in [-0.4, -0.2) is 35.6 Å². The summed E-state index contributed by atoms with van der Waals surface area (Å²) in [6.45, 7) is 1.25. The normalized spacial score (nSPS) is 19.6. The molecule has 122 valence electrons. The number of hydrogen-bond acceptors (Lipinski definition) is 4. The molecule has 0 aliphatic carbocycles. The van der Waals surface area contributed by atoms with Crippen molar-refractivity contribution in [1.29, 1.82) is 0 Å². The highest BCUT2D eigenvalue weighted by molar-refractivity contribution is 5.77. The molecule has 1 aromatic carbocycles. The van der Waals surface area contributed by atoms with Crippen LogP contribution in [0.25, 0.3) is 0 Å². The molecular weight excluding hydrogens is 301 g/mol. The Bertz CT molecular complexity index is 658. The number of carbonyl (C=O) groups is 1. The second kappa shape index (κ2) is 6.93. The zero-order valence-electron chi connectivity index (χ0n) is 12.5. The lowest BCUT2D eigenvalue weighted by Crippen LogP contribution is -2.42. The van der Waals surface area contributed by atoms with Gasteiger partial charge in [-0.25, -0.2) is 4.39 Å². The van der Waals surface area contributed by atoms with Gasteiger partial charge in [0.15, 0.2) is 0 Å². The van der Waals surface area contributed by atoms with Gasteiger partial charge in [-0.1, -0.05) is 12.1 Å². The Hall–Kier alpha value is -2.18. The molecule has 5 nitrogen and oxygen atoms in total. The predicted octanol–water partition coefficient (Wildman–Crippen LogP) is 2.44. The SMILES string of the molecule is O=C(CC(O)c1cccc(F)c1)N1CCOC(c2ccco2)C1. The Morgan fingerprint density at radius 2 is 2.26 bits per heavy atom. The third kappa shape index (κ3) is 3.78. The van der Waals surface area contributed by atoms with Gasteiger partial charge < -0.3 is 19.2 Å². The molecule has 23 heavy (non-hydrogen) atoms. The molecule has 0 saturated carbocycles. The summed E-state index contributed by atoms with van der Waals surface area (Å²) in [6, 6.07) is 9.23. The molecule has 1 aliphatic heterocycles. The van der Waals surface area contributed by atoms with Crippen LogP contribution >= 0.6 is 0 Å². The molecule has 0 radical (unpaired) electrons. The molecule has 1 aliphatic rings. The van der Waals surface area contributed by atoms with Gasteiger partial charge >= 0.3 is 0 Å². The highest BCUT2D eigenvalue weighted by Gasteiger charge is 2.28. The lowest BCUT2D eigenvalue weighted by Gasteiger charge is -2.32. The van der Waals surface area contributed by atoms with Crippen LogP contribution in [0.3, 0.4) is 0 Å². The van der Waals surface area contributed by atoms with Gasteiger partial charge in [0.1, 0.15) is 17.7 Å². The van der Waals surface area contributed by atoms with Gasteiger partial charge in [0, 0.05) is 6.54 Å². The van der Waals surface area contributed by atoms with E-state index in [0.29, 0.717) is 31.0 Å². The number of halogens is 1. The molecule has 1 fully saturated rings. The van der Waals surface area contributed by atoms with Crippen molar-refractivity contribution >= 4 is 5.91 Å². The van der Waals surface area contributed by atoms with Crippen LogP contribution in [0.1, 0.15) is 30.0 Å². The molecule has 2 heterocycles. The minimum Gasteiger partial charge on any atom is -0.467 e. The molecule has 2 aromatic rings. The number of rotatable bonds is 4. The number of aliphatic hydroxyl groups is 1. The van der Waals surface area contributed by atoms with Crippen LogP contribution in [0, 0.1) is 5.82 Å². The molecule has 1 amide bonds. The summed E-state index contributed by atoms with van der Waals surface area (Å²) >= 11 is 0. The van der Waals surface area contributed by atoms with Gasteiger partial charge in [-0.3, -0.25) is 4.79 Å². The first-order valence-electron chi connectivity index (χ1n) is 7.50. The number of morpholine rings is 1. The van der Waals surface area contributed by atoms with Gasteiger partial charge in [-0.2, -0.15) is 0 Å². The predicted molar refractivity (Wildman–Crippen MR) is 80.0 cm³/mol. The Balaban J connectivity index is 1.61. The van der Waals surface area contributed by atoms with Crippen molar-refractivity contribution in [3.8, 4) is 0 Å². The summed E-state index contributed by atoms with van der Waals surface area (Å²) in [6.07, 6.45) is 0.152. The van der Waals surface area contributed by atoms with E-state index in [1.165, 1.54) is 18.2 Å². The van der Waals surface area contributed by atoms with Crippen LogP contribution in [0.15, 0.2) is 47.1 Å². The first-order chi connectivity index (χ1) is 11.1. The fourth-order valence-corrected chi connectivity index (χ4v) is 2.65. The maximum atomic E-state index is 13.2. The van der Waals surface area contributed by atoms with Crippen molar-refractivity contribution in [2.75, 3.05) is 19.7 Å². The van der Waals surface area contributed by atoms with Crippen molar-refractivity contribution in [1.82, 2.24) is 4.90 Å². The number of ether oxygens (including phenoxy) is 1. The minimum absolute atomic E-state index is 0.0890. The number of hydrogen-bond donors (Lipinski definition) is 1. The number of aliphatic hydroxyl groups excluding tert-OH is 1. The number of benzene rings is 1. The van der Waals surface area contributed by atoms with E-state index in [1.54, 1.807) is 29.4 Å². The molecule has 1 aromatic heterocycles. The quantitative estimate of drug-likeness (QED) is 0.940. The molecule has 0 spiro atoms. The molecule has 2 unspecified atom stereocenters. The summed E-state index contributed by atoms with van der Waals surface area (Å²) in [4.78, 5) is 14.0. The molecule has 3 rings (SSSR count). The number of amides is 1. The van der Waals surface area contributed by atoms with Crippen molar-refractivity contribution < 1.29 is 23.4 Å². The zero-order chi connectivity index (χ0) is 16.2. The van der Waals surface area contributed by atoms with E-state index in [9.17, 15) is 14.3 Å². The van der Waals surface area contributed by atoms with Crippen molar-refractivity contribution in [2.45, 2.75) is 18.6 Å². The lowest BCUT2D eigenvalue weighted by molar-refractivity contribution is -0.141.